The van der Waals surface area contributed by atoms with Crippen LogP contribution in [0.4, 0.5) is 0 Å². The predicted molar refractivity (Wildman–Crippen MR) is 63.1 cm³/mol. The molecule has 1 atom stereocenters. The molecule has 0 saturated heterocycles. The molecule has 0 N–H and O–H groups in total. The smallest absolute Gasteiger partial charge is 0.261 e. The summed E-state index contributed by atoms with van der Waals surface area (Å²) in [6, 6.07) is 6.74. The zero-order chi connectivity index (χ0) is 12.4. The molecule has 0 radical (unpaired) electrons. The average molecular weight is 254 g/mol. The van der Waals surface area contributed by atoms with Crippen LogP contribution in [0.15, 0.2) is 24.3 Å². The van der Waals surface area contributed by atoms with Crippen molar-refractivity contribution in [3.05, 3.63) is 35.4 Å². The molecule has 1 heterocycles. The molecule has 0 aliphatic carbocycles. The fourth-order valence-electron chi connectivity index (χ4n) is 1.78. The number of imide groups is 1. The lowest BCUT2D eigenvalue weighted by atomic mass is 10.1. The van der Waals surface area contributed by atoms with E-state index in [1.54, 1.807) is 31.2 Å². The summed E-state index contributed by atoms with van der Waals surface area (Å²) in [5.41, 5.74) is 0.193. The van der Waals surface area contributed by atoms with E-state index in [0.29, 0.717) is 17.7 Å². The van der Waals surface area contributed by atoms with Crippen LogP contribution in [-0.4, -0.2) is 35.4 Å². The van der Waals surface area contributed by atoms with Crippen molar-refractivity contribution in [2.45, 2.75) is 12.5 Å². The highest BCUT2D eigenvalue weighted by atomic mass is 35.5. The van der Waals surface area contributed by atoms with Gasteiger partial charge in [-0.25, -0.2) is 0 Å². The maximum atomic E-state index is 11.9. The molecule has 4 nitrogen and oxygen atoms in total. The Balaban J connectivity index is 2.19. The molecular weight excluding hydrogens is 242 g/mol. The van der Waals surface area contributed by atoms with E-state index < -0.39 is 5.56 Å². The molecule has 0 fully saturated rings. The molecule has 5 heteroatoms. The molecule has 1 aromatic carbocycles. The van der Waals surface area contributed by atoms with Gasteiger partial charge >= 0.3 is 0 Å². The summed E-state index contributed by atoms with van der Waals surface area (Å²) in [6.45, 7) is 2.32. The van der Waals surface area contributed by atoms with Crippen molar-refractivity contribution in [3.8, 4) is 0 Å². The predicted octanol–water partition coefficient (Wildman–Crippen LogP) is 1.88. The van der Waals surface area contributed by atoms with Crippen LogP contribution in [0.1, 0.15) is 27.6 Å². The Hall–Kier alpha value is -1.39. The molecule has 1 aliphatic heterocycles. The van der Waals surface area contributed by atoms with E-state index in [1.165, 1.54) is 0 Å². The standard InChI is InChI=1S/C12H12ClNO3/c1-2-17-10(13)7-14-11(15)8-5-3-4-6-9(8)12(14)16/h3-6,10H,2,7H2,1H3. The van der Waals surface area contributed by atoms with Gasteiger partial charge in [0.25, 0.3) is 11.8 Å². The Labute approximate surface area is 104 Å². The first-order valence-corrected chi connectivity index (χ1v) is 5.79. The van der Waals surface area contributed by atoms with Crippen LogP contribution < -0.4 is 0 Å². The second-order valence-corrected chi connectivity index (χ2v) is 4.12. The number of carbonyl (C=O) groups is 2. The van der Waals surface area contributed by atoms with Crippen LogP contribution in [0.5, 0.6) is 0 Å². The number of benzene rings is 1. The number of amides is 2. The van der Waals surface area contributed by atoms with E-state index in [4.69, 9.17) is 16.3 Å². The quantitative estimate of drug-likeness (QED) is 0.608. The van der Waals surface area contributed by atoms with Crippen molar-refractivity contribution < 1.29 is 14.3 Å². The number of halogens is 1. The van der Waals surface area contributed by atoms with Gasteiger partial charge in [0, 0.05) is 6.61 Å². The topological polar surface area (TPSA) is 46.6 Å². The Morgan fingerprint density at radius 2 is 1.76 bits per heavy atom. The zero-order valence-corrected chi connectivity index (χ0v) is 10.1. The summed E-state index contributed by atoms with van der Waals surface area (Å²) in [5.74, 6) is -0.619. The molecular formula is C12H12ClNO3. The fourth-order valence-corrected chi connectivity index (χ4v) is 2.05. The average Bonchev–Trinajstić information content (AvgIpc) is 2.56. The molecule has 1 aliphatic rings. The normalized spacial score (nSPS) is 16.2. The Bertz CT molecular complexity index is 426. The fraction of sp³-hybridized carbons (Fsp3) is 0.333. The number of hydrogen-bond acceptors (Lipinski definition) is 3. The lowest BCUT2D eigenvalue weighted by Gasteiger charge is -2.17. The number of ether oxygens (including phenoxy) is 1. The summed E-state index contributed by atoms with van der Waals surface area (Å²) in [7, 11) is 0. The van der Waals surface area contributed by atoms with Crippen LogP contribution in [0.2, 0.25) is 0 Å². The minimum absolute atomic E-state index is 0.0712. The van der Waals surface area contributed by atoms with Gasteiger partial charge in [0.1, 0.15) is 5.56 Å². The van der Waals surface area contributed by atoms with E-state index in [2.05, 4.69) is 0 Å². The van der Waals surface area contributed by atoms with Crippen LogP contribution >= 0.6 is 11.6 Å². The molecule has 0 spiro atoms. The zero-order valence-electron chi connectivity index (χ0n) is 9.35. The van der Waals surface area contributed by atoms with E-state index in [0.717, 1.165) is 4.90 Å². The van der Waals surface area contributed by atoms with E-state index >= 15 is 0 Å². The Morgan fingerprint density at radius 3 is 2.24 bits per heavy atom. The lowest BCUT2D eigenvalue weighted by molar-refractivity contribution is 0.0517. The van der Waals surface area contributed by atoms with Gasteiger partial charge < -0.3 is 4.74 Å². The molecule has 2 rings (SSSR count). The molecule has 2 amide bonds. The first-order valence-electron chi connectivity index (χ1n) is 5.36. The van der Waals surface area contributed by atoms with Gasteiger partial charge in [-0.15, -0.1) is 0 Å². The van der Waals surface area contributed by atoms with Crippen LogP contribution in [0.25, 0.3) is 0 Å². The van der Waals surface area contributed by atoms with Crippen molar-refractivity contribution >= 4 is 23.4 Å². The van der Waals surface area contributed by atoms with Crippen molar-refractivity contribution in [2.75, 3.05) is 13.2 Å². The third kappa shape index (κ3) is 2.18. The van der Waals surface area contributed by atoms with E-state index in [9.17, 15) is 9.59 Å². The second-order valence-electron chi connectivity index (χ2n) is 3.63. The number of nitrogens with zero attached hydrogens (tertiary/aromatic N) is 1. The molecule has 0 saturated carbocycles. The van der Waals surface area contributed by atoms with Gasteiger partial charge in [-0.2, -0.15) is 0 Å². The van der Waals surface area contributed by atoms with Crippen molar-refractivity contribution in [1.29, 1.82) is 0 Å². The lowest BCUT2D eigenvalue weighted by Crippen LogP contribution is -2.36. The summed E-state index contributed by atoms with van der Waals surface area (Å²) in [5, 5.41) is 0. The van der Waals surface area contributed by atoms with E-state index in [1.807, 2.05) is 0 Å². The Morgan fingerprint density at radius 1 is 1.24 bits per heavy atom. The maximum Gasteiger partial charge on any atom is 0.261 e. The maximum absolute atomic E-state index is 11.9. The molecule has 1 unspecified atom stereocenters. The van der Waals surface area contributed by atoms with Crippen LogP contribution in [0, 0.1) is 0 Å². The highest BCUT2D eigenvalue weighted by molar-refractivity contribution is 6.23. The Kier molecular flexibility index (Phi) is 3.45. The first kappa shape index (κ1) is 12.1. The third-order valence-electron chi connectivity index (χ3n) is 2.55. The van der Waals surface area contributed by atoms with E-state index in [-0.39, 0.29) is 18.4 Å². The molecule has 90 valence electrons. The summed E-state index contributed by atoms with van der Waals surface area (Å²) >= 11 is 5.87. The monoisotopic (exact) mass is 253 g/mol. The highest BCUT2D eigenvalue weighted by Crippen LogP contribution is 2.23. The van der Waals surface area contributed by atoms with Gasteiger partial charge in [-0.1, -0.05) is 23.7 Å². The summed E-state index contributed by atoms with van der Waals surface area (Å²) in [4.78, 5) is 25.0. The minimum Gasteiger partial charge on any atom is -0.361 e. The summed E-state index contributed by atoms with van der Waals surface area (Å²) < 4.78 is 5.12. The van der Waals surface area contributed by atoms with Crippen LogP contribution in [0.3, 0.4) is 0 Å². The third-order valence-corrected chi connectivity index (χ3v) is 2.82. The number of rotatable bonds is 4. The van der Waals surface area contributed by atoms with Gasteiger partial charge in [0.15, 0.2) is 0 Å². The second kappa shape index (κ2) is 4.85. The van der Waals surface area contributed by atoms with Gasteiger partial charge in [-0.3, -0.25) is 14.5 Å². The highest BCUT2D eigenvalue weighted by Gasteiger charge is 2.36. The molecule has 1 aromatic rings. The van der Waals surface area contributed by atoms with Gasteiger partial charge in [0.2, 0.25) is 0 Å². The molecule has 0 bridgehead atoms. The number of alkyl halides is 1. The molecule has 0 aromatic heterocycles. The number of carbonyl (C=O) groups excluding carboxylic acids is 2. The van der Waals surface area contributed by atoms with Gasteiger partial charge in [-0.05, 0) is 19.1 Å². The van der Waals surface area contributed by atoms with Gasteiger partial charge in [0.05, 0.1) is 17.7 Å². The van der Waals surface area contributed by atoms with Crippen LogP contribution in [-0.2, 0) is 4.74 Å². The number of hydrogen-bond donors (Lipinski definition) is 0. The first-order chi connectivity index (χ1) is 8.15. The van der Waals surface area contributed by atoms with Crippen molar-refractivity contribution in [3.63, 3.8) is 0 Å². The SMILES string of the molecule is CCOC(Cl)CN1C(=O)c2ccccc2C1=O. The largest absolute Gasteiger partial charge is 0.361 e. The van der Waals surface area contributed by atoms with Crippen molar-refractivity contribution in [1.82, 2.24) is 4.90 Å². The minimum atomic E-state index is -0.665. The van der Waals surface area contributed by atoms with Crippen molar-refractivity contribution in [2.24, 2.45) is 0 Å². The number of fused-ring (bicyclic) bond motifs is 1. The summed E-state index contributed by atoms with van der Waals surface area (Å²) in [6.07, 6.45) is 0. The molecule has 17 heavy (non-hydrogen) atoms.